The third kappa shape index (κ3) is 7.21. The summed E-state index contributed by atoms with van der Waals surface area (Å²) in [6, 6.07) is 4.68. The Bertz CT molecular complexity index is 1200. The Balaban J connectivity index is 1.70. The van der Waals surface area contributed by atoms with Crippen LogP contribution in [0, 0.1) is 18.7 Å². The first kappa shape index (κ1) is 28.0. The number of nitrogens with one attached hydrogen (secondary N) is 1. The molecule has 2 aromatic heterocycles. The smallest absolute Gasteiger partial charge is 0.227 e. The maximum atomic E-state index is 14.1. The van der Waals surface area contributed by atoms with Gasteiger partial charge in [0.25, 0.3) is 0 Å². The number of anilines is 1. The molecule has 0 aliphatic rings. The van der Waals surface area contributed by atoms with Gasteiger partial charge in [-0.05, 0) is 67.6 Å². The number of carbonyl (C=O) groups excluding carboxylic acids is 1. The first-order valence-electron chi connectivity index (χ1n) is 12.1. The van der Waals surface area contributed by atoms with Crippen molar-refractivity contribution < 1.29 is 13.6 Å². The van der Waals surface area contributed by atoms with Crippen molar-refractivity contribution in [2.75, 3.05) is 11.9 Å². The van der Waals surface area contributed by atoms with Gasteiger partial charge in [0.2, 0.25) is 5.91 Å². The van der Waals surface area contributed by atoms with Gasteiger partial charge in [-0.2, -0.15) is 15.3 Å². The first-order chi connectivity index (χ1) is 16.9. The summed E-state index contributed by atoms with van der Waals surface area (Å²) in [7, 11) is -1.87. The average Bonchev–Trinajstić information content (AvgIpc) is 3.25. The topological polar surface area (TPSA) is 81.9 Å². The lowest BCUT2D eigenvalue weighted by Crippen LogP contribution is -2.41. The number of nitrogens with zero attached hydrogens (tertiary/aromatic N) is 4. The number of aromatic nitrogens is 4. The predicted octanol–water partition coefficient (Wildman–Crippen LogP) is 6.36. The summed E-state index contributed by atoms with van der Waals surface area (Å²) >= 11 is 5.85. The van der Waals surface area contributed by atoms with E-state index < -0.39 is 14.1 Å². The van der Waals surface area contributed by atoms with E-state index in [0.717, 1.165) is 23.2 Å². The van der Waals surface area contributed by atoms with Gasteiger partial charge in [0.1, 0.15) is 5.82 Å². The minimum atomic E-state index is -1.87. The molecule has 36 heavy (non-hydrogen) atoms. The van der Waals surface area contributed by atoms with Crippen LogP contribution in [0.3, 0.4) is 0 Å². The Morgan fingerprint density at radius 2 is 1.94 bits per heavy atom. The lowest BCUT2D eigenvalue weighted by molar-refractivity contribution is -0.120. The van der Waals surface area contributed by atoms with Crippen molar-refractivity contribution in [3.63, 3.8) is 0 Å². The molecule has 0 bridgehead atoms. The normalized spacial score (nSPS) is 13.0. The molecular formula is C26H35ClFN5O2Si. The SMILES string of the molecule is Cc1cnncc1-n1cc(NC(=O)[C@@H](CCCO[Si](C)(C)C(C)(C)C)Cc2ccc(Cl)c(F)c2)cn1. The highest BCUT2D eigenvalue weighted by atomic mass is 35.5. The Morgan fingerprint density at radius 3 is 2.61 bits per heavy atom. The number of rotatable bonds is 10. The third-order valence-corrected chi connectivity index (χ3v) is 11.6. The molecule has 0 spiro atoms. The molecular weight excluding hydrogens is 497 g/mol. The highest BCUT2D eigenvalue weighted by molar-refractivity contribution is 6.74. The van der Waals surface area contributed by atoms with Crippen molar-refractivity contribution in [3.05, 3.63) is 65.0 Å². The third-order valence-electron chi connectivity index (χ3n) is 6.80. The van der Waals surface area contributed by atoms with Gasteiger partial charge in [-0.25, -0.2) is 9.07 Å². The van der Waals surface area contributed by atoms with Crippen LogP contribution in [0.15, 0.2) is 43.0 Å². The van der Waals surface area contributed by atoms with Crippen LogP contribution in [0.2, 0.25) is 23.2 Å². The Labute approximate surface area is 218 Å². The molecule has 7 nitrogen and oxygen atoms in total. The van der Waals surface area contributed by atoms with Crippen molar-refractivity contribution in [2.24, 2.45) is 5.92 Å². The predicted molar refractivity (Wildman–Crippen MR) is 144 cm³/mol. The van der Waals surface area contributed by atoms with Gasteiger partial charge in [0.15, 0.2) is 8.32 Å². The van der Waals surface area contributed by atoms with E-state index in [4.69, 9.17) is 16.0 Å². The van der Waals surface area contributed by atoms with Crippen LogP contribution in [-0.4, -0.2) is 40.8 Å². The number of hydrogen-bond donors (Lipinski definition) is 1. The molecule has 10 heteroatoms. The molecule has 0 saturated heterocycles. The van der Waals surface area contributed by atoms with Gasteiger partial charge in [0.05, 0.1) is 41.2 Å². The number of benzene rings is 1. The fraction of sp³-hybridized carbons (Fsp3) is 0.462. The van der Waals surface area contributed by atoms with Crippen molar-refractivity contribution >= 4 is 31.5 Å². The second kappa shape index (κ2) is 11.6. The Kier molecular flexibility index (Phi) is 9.02. The molecule has 0 fully saturated rings. The van der Waals surface area contributed by atoms with Crippen LogP contribution < -0.4 is 5.32 Å². The zero-order valence-corrected chi connectivity index (χ0v) is 23.6. The van der Waals surface area contributed by atoms with Gasteiger partial charge < -0.3 is 9.74 Å². The standard InChI is InChI=1S/C26H35ClFN5O2Si/c1-18-14-29-30-16-24(18)33-17-21(15-31-33)32-25(34)20(12-19-9-10-22(27)23(28)13-19)8-7-11-35-36(5,6)26(2,3)4/h9-10,13-17,20H,7-8,11-12H2,1-6H3,(H,32,34)/t20-/m0/s1. The second-order valence-electron chi connectivity index (χ2n) is 10.6. The van der Waals surface area contributed by atoms with E-state index in [9.17, 15) is 9.18 Å². The molecule has 1 aromatic carbocycles. The van der Waals surface area contributed by atoms with E-state index in [-0.39, 0.29) is 21.9 Å². The van der Waals surface area contributed by atoms with E-state index in [0.29, 0.717) is 25.1 Å². The van der Waals surface area contributed by atoms with Crippen LogP contribution >= 0.6 is 11.6 Å². The number of amides is 1. The van der Waals surface area contributed by atoms with Crippen molar-refractivity contribution in [1.82, 2.24) is 20.0 Å². The molecule has 1 atom stereocenters. The zero-order chi connectivity index (χ0) is 26.5. The maximum absolute atomic E-state index is 14.1. The molecule has 1 N–H and O–H groups in total. The largest absolute Gasteiger partial charge is 0.417 e. The summed E-state index contributed by atoms with van der Waals surface area (Å²) in [4.78, 5) is 13.3. The van der Waals surface area contributed by atoms with Crippen molar-refractivity contribution in [3.8, 4) is 5.69 Å². The Morgan fingerprint density at radius 1 is 1.22 bits per heavy atom. The number of hydrogen-bond acceptors (Lipinski definition) is 5. The highest BCUT2D eigenvalue weighted by Crippen LogP contribution is 2.36. The van der Waals surface area contributed by atoms with Crippen molar-refractivity contribution in [1.29, 1.82) is 0 Å². The summed E-state index contributed by atoms with van der Waals surface area (Å²) in [6.45, 7) is 13.5. The first-order valence-corrected chi connectivity index (χ1v) is 15.4. The van der Waals surface area contributed by atoms with E-state index in [1.54, 1.807) is 35.5 Å². The number of aryl methyl sites for hydroxylation is 1. The highest BCUT2D eigenvalue weighted by Gasteiger charge is 2.37. The maximum Gasteiger partial charge on any atom is 0.227 e. The fourth-order valence-corrected chi connectivity index (χ4v) is 4.73. The monoisotopic (exact) mass is 531 g/mol. The van der Waals surface area contributed by atoms with Gasteiger partial charge in [-0.15, -0.1) is 0 Å². The summed E-state index contributed by atoms with van der Waals surface area (Å²) in [5.41, 5.74) is 2.98. The molecule has 1 amide bonds. The molecule has 0 radical (unpaired) electrons. The van der Waals surface area contributed by atoms with Crippen LogP contribution in [0.25, 0.3) is 5.69 Å². The van der Waals surface area contributed by atoms with Crippen LogP contribution in [0.4, 0.5) is 10.1 Å². The lowest BCUT2D eigenvalue weighted by atomic mass is 9.94. The summed E-state index contributed by atoms with van der Waals surface area (Å²) in [5, 5.41) is 15.3. The molecule has 3 rings (SSSR count). The van der Waals surface area contributed by atoms with Crippen LogP contribution in [-0.2, 0) is 15.6 Å². The Hall–Kier alpha value is -2.62. The quantitative estimate of drug-likeness (QED) is 0.243. The van der Waals surface area contributed by atoms with E-state index in [1.807, 2.05) is 6.92 Å². The summed E-state index contributed by atoms with van der Waals surface area (Å²) < 4.78 is 22.0. The summed E-state index contributed by atoms with van der Waals surface area (Å²) in [6.07, 6.45) is 8.32. The van der Waals surface area contributed by atoms with Crippen LogP contribution in [0.5, 0.6) is 0 Å². The van der Waals surface area contributed by atoms with E-state index >= 15 is 0 Å². The number of halogens is 2. The molecule has 0 aliphatic carbocycles. The number of carbonyl (C=O) groups is 1. The van der Waals surface area contributed by atoms with Crippen LogP contribution in [0.1, 0.15) is 44.7 Å². The molecule has 0 aliphatic heterocycles. The lowest BCUT2D eigenvalue weighted by Gasteiger charge is -2.36. The average molecular weight is 532 g/mol. The van der Waals surface area contributed by atoms with Gasteiger partial charge in [-0.3, -0.25) is 4.79 Å². The van der Waals surface area contributed by atoms with Gasteiger partial charge in [0, 0.05) is 12.5 Å². The molecule has 0 unspecified atom stereocenters. The minimum absolute atomic E-state index is 0.0656. The van der Waals surface area contributed by atoms with E-state index in [1.165, 1.54) is 12.1 Å². The fourth-order valence-electron chi connectivity index (χ4n) is 3.53. The molecule has 2 heterocycles. The van der Waals surface area contributed by atoms with Crippen molar-refractivity contribution in [2.45, 2.75) is 65.1 Å². The molecule has 194 valence electrons. The second-order valence-corrected chi connectivity index (χ2v) is 15.8. The molecule has 0 saturated carbocycles. The van der Waals surface area contributed by atoms with Gasteiger partial charge >= 0.3 is 0 Å². The molecule has 3 aromatic rings. The summed E-state index contributed by atoms with van der Waals surface area (Å²) in [5.74, 6) is -1.01. The minimum Gasteiger partial charge on any atom is -0.417 e. The van der Waals surface area contributed by atoms with E-state index in [2.05, 4.69) is 54.5 Å². The van der Waals surface area contributed by atoms with Gasteiger partial charge in [-0.1, -0.05) is 38.4 Å². The zero-order valence-electron chi connectivity index (χ0n) is 21.8.